The lowest BCUT2D eigenvalue weighted by Crippen LogP contribution is -2.33. The molecule has 4 heteroatoms. The quantitative estimate of drug-likeness (QED) is 0.853. The molecule has 0 saturated carbocycles. The Balaban J connectivity index is 2.02. The highest BCUT2D eigenvalue weighted by Crippen LogP contribution is 2.20. The van der Waals surface area contributed by atoms with Gasteiger partial charge in [0.05, 0.1) is 6.26 Å². The molecule has 1 N–H and O–H groups in total. The van der Waals surface area contributed by atoms with E-state index in [1.54, 1.807) is 6.07 Å². The van der Waals surface area contributed by atoms with E-state index >= 15 is 0 Å². The van der Waals surface area contributed by atoms with E-state index < -0.39 is 5.97 Å². The van der Waals surface area contributed by atoms with E-state index in [2.05, 4.69) is 11.8 Å². The number of carboxylic acids is 1. The highest BCUT2D eigenvalue weighted by molar-refractivity contribution is 5.86. The number of furan rings is 1. The zero-order valence-corrected chi connectivity index (χ0v) is 9.48. The Hall–Kier alpha value is -1.29. The Bertz CT molecular complexity index is 372. The lowest BCUT2D eigenvalue weighted by atomic mass is 10.00. The van der Waals surface area contributed by atoms with Gasteiger partial charge >= 0.3 is 5.97 Å². The molecule has 1 saturated heterocycles. The van der Waals surface area contributed by atoms with Gasteiger partial charge in [-0.2, -0.15) is 0 Å². The van der Waals surface area contributed by atoms with Crippen LogP contribution in [0.25, 0.3) is 0 Å². The van der Waals surface area contributed by atoms with Gasteiger partial charge in [0.2, 0.25) is 5.76 Å². The van der Waals surface area contributed by atoms with Crippen LogP contribution in [0.4, 0.5) is 0 Å². The fourth-order valence-electron chi connectivity index (χ4n) is 2.32. The molecule has 0 radical (unpaired) electrons. The molecule has 2 rings (SSSR count). The summed E-state index contributed by atoms with van der Waals surface area (Å²) in [6.45, 7) is 5.01. The number of hydrogen-bond acceptors (Lipinski definition) is 3. The molecule has 0 amide bonds. The largest absolute Gasteiger partial charge is 0.475 e. The molecule has 2 heterocycles. The van der Waals surface area contributed by atoms with E-state index in [-0.39, 0.29) is 5.76 Å². The third-order valence-corrected chi connectivity index (χ3v) is 3.08. The summed E-state index contributed by atoms with van der Waals surface area (Å²) < 4.78 is 4.97. The molecule has 1 unspecified atom stereocenters. The summed E-state index contributed by atoms with van der Waals surface area (Å²) >= 11 is 0. The third kappa shape index (κ3) is 2.44. The van der Waals surface area contributed by atoms with Crippen LogP contribution in [0, 0.1) is 5.92 Å². The SMILES string of the molecule is CC1CCCN(Cc2ccoc2C(=O)O)C1. The molecule has 0 aliphatic carbocycles. The van der Waals surface area contributed by atoms with Crippen LogP contribution in [0.5, 0.6) is 0 Å². The molecular weight excluding hydrogens is 206 g/mol. The number of nitrogens with zero attached hydrogens (tertiary/aromatic N) is 1. The predicted octanol–water partition coefficient (Wildman–Crippen LogP) is 2.21. The topological polar surface area (TPSA) is 53.7 Å². The molecule has 0 spiro atoms. The predicted molar refractivity (Wildman–Crippen MR) is 59.3 cm³/mol. The second-order valence-corrected chi connectivity index (χ2v) is 4.56. The Kier molecular flexibility index (Phi) is 3.29. The van der Waals surface area contributed by atoms with Crippen molar-refractivity contribution in [3.05, 3.63) is 23.7 Å². The highest BCUT2D eigenvalue weighted by atomic mass is 16.4. The molecule has 1 fully saturated rings. The van der Waals surface area contributed by atoms with Crippen molar-refractivity contribution >= 4 is 5.97 Å². The summed E-state index contributed by atoms with van der Waals surface area (Å²) in [5.74, 6) is -0.197. The minimum absolute atomic E-state index is 0.0817. The molecule has 1 aromatic heterocycles. The Morgan fingerprint density at radius 2 is 2.50 bits per heavy atom. The van der Waals surface area contributed by atoms with Crippen molar-refractivity contribution in [1.29, 1.82) is 0 Å². The molecule has 1 aliphatic rings. The fraction of sp³-hybridized carbons (Fsp3) is 0.583. The minimum Gasteiger partial charge on any atom is -0.475 e. The van der Waals surface area contributed by atoms with E-state index in [1.165, 1.54) is 19.1 Å². The number of carbonyl (C=O) groups is 1. The summed E-state index contributed by atoms with van der Waals surface area (Å²) in [4.78, 5) is 13.2. The highest BCUT2D eigenvalue weighted by Gasteiger charge is 2.20. The van der Waals surface area contributed by atoms with Gasteiger partial charge in [-0.15, -0.1) is 0 Å². The molecule has 1 atom stereocenters. The number of carboxylic acid groups (broad SMARTS) is 1. The van der Waals surface area contributed by atoms with Crippen LogP contribution in [0.2, 0.25) is 0 Å². The van der Waals surface area contributed by atoms with E-state index in [1.807, 2.05) is 0 Å². The summed E-state index contributed by atoms with van der Waals surface area (Å²) in [5.41, 5.74) is 0.779. The standard InChI is InChI=1S/C12H17NO3/c1-9-3-2-5-13(7-9)8-10-4-6-16-11(10)12(14)15/h4,6,9H,2-3,5,7-8H2,1H3,(H,14,15). The smallest absolute Gasteiger partial charge is 0.372 e. The zero-order valence-electron chi connectivity index (χ0n) is 9.48. The molecule has 0 bridgehead atoms. The summed E-state index contributed by atoms with van der Waals surface area (Å²) in [6, 6.07) is 1.75. The van der Waals surface area contributed by atoms with Gasteiger partial charge in [0.25, 0.3) is 0 Å². The first-order chi connectivity index (χ1) is 7.66. The summed E-state index contributed by atoms with van der Waals surface area (Å²) in [5, 5.41) is 8.92. The third-order valence-electron chi connectivity index (χ3n) is 3.08. The van der Waals surface area contributed by atoms with Crippen LogP contribution >= 0.6 is 0 Å². The number of likely N-dealkylation sites (tertiary alicyclic amines) is 1. The monoisotopic (exact) mass is 223 g/mol. The van der Waals surface area contributed by atoms with Crippen LogP contribution in [-0.2, 0) is 6.54 Å². The van der Waals surface area contributed by atoms with E-state index in [9.17, 15) is 4.79 Å². The number of piperidine rings is 1. The van der Waals surface area contributed by atoms with E-state index in [0.29, 0.717) is 12.5 Å². The minimum atomic E-state index is -0.981. The average Bonchev–Trinajstić information content (AvgIpc) is 2.66. The van der Waals surface area contributed by atoms with Crippen LogP contribution in [0.15, 0.2) is 16.7 Å². The number of hydrogen-bond donors (Lipinski definition) is 1. The van der Waals surface area contributed by atoms with Gasteiger partial charge in [0.15, 0.2) is 0 Å². The second kappa shape index (κ2) is 4.70. The van der Waals surface area contributed by atoms with Gasteiger partial charge in [-0.1, -0.05) is 6.92 Å². The first-order valence-corrected chi connectivity index (χ1v) is 5.69. The summed E-state index contributed by atoms with van der Waals surface area (Å²) in [7, 11) is 0. The van der Waals surface area contributed by atoms with Crippen molar-refractivity contribution in [1.82, 2.24) is 4.90 Å². The van der Waals surface area contributed by atoms with E-state index in [4.69, 9.17) is 9.52 Å². The average molecular weight is 223 g/mol. The second-order valence-electron chi connectivity index (χ2n) is 4.56. The lowest BCUT2D eigenvalue weighted by molar-refractivity contribution is 0.0658. The molecule has 0 aromatic carbocycles. The van der Waals surface area contributed by atoms with Crippen molar-refractivity contribution in [2.24, 2.45) is 5.92 Å². The number of rotatable bonds is 3. The Morgan fingerprint density at radius 3 is 3.19 bits per heavy atom. The van der Waals surface area contributed by atoms with Crippen LogP contribution in [-0.4, -0.2) is 29.1 Å². The summed E-state index contributed by atoms with van der Waals surface area (Å²) in [6.07, 6.45) is 3.92. The van der Waals surface area contributed by atoms with Crippen LogP contribution in [0.1, 0.15) is 35.9 Å². The first kappa shape index (κ1) is 11.2. The molecule has 88 valence electrons. The maximum absolute atomic E-state index is 10.9. The zero-order chi connectivity index (χ0) is 11.5. The molecule has 1 aliphatic heterocycles. The van der Waals surface area contributed by atoms with Gasteiger partial charge in [-0.05, 0) is 31.4 Å². The molecular formula is C12H17NO3. The maximum Gasteiger partial charge on any atom is 0.372 e. The van der Waals surface area contributed by atoms with Crippen LogP contribution < -0.4 is 0 Å². The molecule has 4 nitrogen and oxygen atoms in total. The lowest BCUT2D eigenvalue weighted by Gasteiger charge is -2.30. The molecule has 1 aromatic rings. The van der Waals surface area contributed by atoms with Crippen molar-refractivity contribution in [2.45, 2.75) is 26.3 Å². The first-order valence-electron chi connectivity index (χ1n) is 5.69. The molecule has 16 heavy (non-hydrogen) atoms. The number of aromatic carboxylic acids is 1. The van der Waals surface area contributed by atoms with Gasteiger partial charge in [-0.25, -0.2) is 4.79 Å². The van der Waals surface area contributed by atoms with Crippen molar-refractivity contribution in [3.8, 4) is 0 Å². The van der Waals surface area contributed by atoms with Gasteiger partial charge in [-0.3, -0.25) is 4.90 Å². The Morgan fingerprint density at radius 1 is 1.69 bits per heavy atom. The van der Waals surface area contributed by atoms with Gasteiger partial charge < -0.3 is 9.52 Å². The van der Waals surface area contributed by atoms with Crippen molar-refractivity contribution in [3.63, 3.8) is 0 Å². The van der Waals surface area contributed by atoms with Gasteiger partial charge in [0.1, 0.15) is 0 Å². The van der Waals surface area contributed by atoms with Crippen LogP contribution in [0.3, 0.4) is 0 Å². The Labute approximate surface area is 94.9 Å². The van der Waals surface area contributed by atoms with Crippen molar-refractivity contribution < 1.29 is 14.3 Å². The van der Waals surface area contributed by atoms with Crippen molar-refractivity contribution in [2.75, 3.05) is 13.1 Å². The van der Waals surface area contributed by atoms with E-state index in [0.717, 1.165) is 18.7 Å². The fourth-order valence-corrected chi connectivity index (χ4v) is 2.32. The normalized spacial score (nSPS) is 22.2. The van der Waals surface area contributed by atoms with Gasteiger partial charge in [0, 0.05) is 18.7 Å². The maximum atomic E-state index is 10.9.